The Labute approximate surface area is 179 Å². The van der Waals surface area contributed by atoms with Gasteiger partial charge in [0, 0.05) is 6.42 Å². The third-order valence-corrected chi connectivity index (χ3v) is 5.20. The summed E-state index contributed by atoms with van der Waals surface area (Å²) in [6.07, 6.45) is -5.86. The van der Waals surface area contributed by atoms with Crippen LogP contribution < -0.4 is 11.1 Å². The zero-order valence-corrected chi connectivity index (χ0v) is 16.5. The van der Waals surface area contributed by atoms with Gasteiger partial charge >= 0.3 is 18.1 Å². The van der Waals surface area contributed by atoms with Crippen molar-refractivity contribution in [1.29, 1.82) is 0 Å². The number of carboxylic acid groups (broad SMARTS) is 1. The normalized spacial score (nSPS) is 18.4. The van der Waals surface area contributed by atoms with E-state index in [4.69, 9.17) is 5.73 Å². The van der Waals surface area contributed by atoms with E-state index < -0.39 is 42.2 Å². The molecule has 0 radical (unpaired) electrons. The number of anilines is 2. The van der Waals surface area contributed by atoms with Gasteiger partial charge in [0.25, 0.3) is 0 Å². The number of hydrogen-bond acceptors (Lipinski definition) is 8. The molecule has 0 bridgehead atoms. The highest BCUT2D eigenvalue weighted by molar-refractivity contribution is 6.19. The molecule has 4 heterocycles. The molecule has 33 heavy (non-hydrogen) atoms. The van der Waals surface area contributed by atoms with Crippen molar-refractivity contribution in [2.24, 2.45) is 0 Å². The molecule has 1 unspecified atom stereocenters. The molecule has 4 N–H and O–H groups in total. The Morgan fingerprint density at radius 3 is 2.58 bits per heavy atom. The minimum absolute atomic E-state index is 0.0578. The molecule has 0 fully saturated rings. The molecular weight excluding hydrogens is 459 g/mol. The summed E-state index contributed by atoms with van der Waals surface area (Å²) in [5.74, 6) is -8.15. The Bertz CT molecular complexity index is 1310. The summed E-state index contributed by atoms with van der Waals surface area (Å²) in [5.41, 5.74) is 3.24. The molecule has 0 aliphatic carbocycles. The third kappa shape index (κ3) is 3.37. The van der Waals surface area contributed by atoms with Crippen molar-refractivity contribution >= 4 is 29.2 Å². The predicted molar refractivity (Wildman–Crippen MR) is 99.2 cm³/mol. The fraction of sp³-hybridized carbons (Fsp3) is 0.353. The molecular formula is C17H13F5N8O3. The van der Waals surface area contributed by atoms with Gasteiger partial charge in [0.1, 0.15) is 23.7 Å². The van der Waals surface area contributed by atoms with Crippen LogP contribution in [-0.2, 0) is 21.4 Å². The third-order valence-electron chi connectivity index (χ3n) is 5.20. The Morgan fingerprint density at radius 2 is 1.94 bits per heavy atom. The summed E-state index contributed by atoms with van der Waals surface area (Å²) in [7, 11) is 0. The van der Waals surface area contributed by atoms with Crippen LogP contribution in [0.15, 0.2) is 12.5 Å². The number of amides is 1. The van der Waals surface area contributed by atoms with Crippen LogP contribution in [0.4, 0.5) is 33.6 Å². The van der Waals surface area contributed by atoms with Crippen molar-refractivity contribution in [2.75, 3.05) is 11.1 Å². The summed E-state index contributed by atoms with van der Waals surface area (Å²) < 4.78 is 65.5. The van der Waals surface area contributed by atoms with E-state index in [0.29, 0.717) is 0 Å². The second kappa shape index (κ2) is 7.01. The van der Waals surface area contributed by atoms with Crippen molar-refractivity contribution in [2.45, 2.75) is 37.3 Å². The lowest BCUT2D eigenvalue weighted by molar-refractivity contribution is -0.284. The lowest BCUT2D eigenvalue weighted by atomic mass is 9.85. The van der Waals surface area contributed by atoms with E-state index >= 15 is 0 Å². The monoisotopic (exact) mass is 472 g/mol. The standard InChI is InChI=1S/C17H13F5N8O3/c1-15(14(32)33)8-9(23)27-10(28-11(8)29-13(15)31)7-4-30-12(24-5-25-30)6(26-7)2-3-16(18,19)17(20,21)22/h4-5H,2-3H2,1H3,(H,32,33)(H3,23,27,28,29,31). The molecule has 4 rings (SSSR count). The van der Waals surface area contributed by atoms with Crippen LogP contribution in [0.2, 0.25) is 0 Å². The Balaban J connectivity index is 1.78. The van der Waals surface area contributed by atoms with Crippen LogP contribution in [-0.4, -0.2) is 58.6 Å². The molecule has 3 aromatic rings. The maximum atomic E-state index is 13.4. The quantitative estimate of drug-likeness (QED) is 0.370. The fourth-order valence-electron chi connectivity index (χ4n) is 3.31. The Kier molecular flexibility index (Phi) is 4.72. The van der Waals surface area contributed by atoms with Crippen molar-refractivity contribution in [3.8, 4) is 11.5 Å². The number of aryl methyl sites for hydroxylation is 1. The molecule has 174 valence electrons. The average molecular weight is 472 g/mol. The zero-order valence-electron chi connectivity index (χ0n) is 16.5. The van der Waals surface area contributed by atoms with Gasteiger partial charge in [0.2, 0.25) is 5.91 Å². The summed E-state index contributed by atoms with van der Waals surface area (Å²) in [5, 5.41) is 15.6. The van der Waals surface area contributed by atoms with Crippen LogP contribution in [0.5, 0.6) is 0 Å². The van der Waals surface area contributed by atoms with Gasteiger partial charge in [0.05, 0.1) is 17.5 Å². The number of alkyl halides is 5. The first-order valence-electron chi connectivity index (χ1n) is 9.12. The molecule has 0 spiro atoms. The van der Waals surface area contributed by atoms with Crippen molar-refractivity contribution < 1.29 is 36.6 Å². The second-order valence-corrected chi connectivity index (χ2v) is 7.34. The van der Waals surface area contributed by atoms with Crippen molar-refractivity contribution in [1.82, 2.24) is 29.5 Å². The van der Waals surface area contributed by atoms with E-state index in [1.807, 2.05) is 0 Å². The highest BCUT2D eigenvalue weighted by atomic mass is 19.4. The molecule has 1 amide bonds. The van der Waals surface area contributed by atoms with E-state index in [-0.39, 0.29) is 40.1 Å². The van der Waals surface area contributed by atoms with Crippen LogP contribution in [0, 0.1) is 0 Å². The second-order valence-electron chi connectivity index (χ2n) is 7.34. The number of carboxylic acids is 1. The number of carbonyl (C=O) groups is 2. The Hall–Kier alpha value is -3.98. The van der Waals surface area contributed by atoms with Gasteiger partial charge < -0.3 is 16.2 Å². The molecule has 1 aliphatic heterocycles. The van der Waals surface area contributed by atoms with E-state index in [1.54, 1.807) is 0 Å². The number of fused-ring (bicyclic) bond motifs is 2. The molecule has 1 aliphatic rings. The minimum Gasteiger partial charge on any atom is -0.480 e. The van der Waals surface area contributed by atoms with E-state index in [9.17, 15) is 36.6 Å². The van der Waals surface area contributed by atoms with Gasteiger partial charge in [0.15, 0.2) is 16.9 Å². The van der Waals surface area contributed by atoms with Crippen LogP contribution in [0.25, 0.3) is 17.2 Å². The number of rotatable bonds is 5. The lowest BCUT2D eigenvalue weighted by Crippen LogP contribution is -2.39. The molecule has 0 saturated heterocycles. The molecule has 16 heteroatoms. The van der Waals surface area contributed by atoms with E-state index in [1.165, 1.54) is 6.20 Å². The molecule has 0 aromatic carbocycles. The van der Waals surface area contributed by atoms with Crippen molar-refractivity contribution in [3.63, 3.8) is 0 Å². The van der Waals surface area contributed by atoms with Gasteiger partial charge in [-0.1, -0.05) is 0 Å². The summed E-state index contributed by atoms with van der Waals surface area (Å²) in [4.78, 5) is 39.8. The average Bonchev–Trinajstić information content (AvgIpc) is 3.28. The number of halogens is 5. The number of nitrogens with two attached hydrogens (primary N) is 1. The summed E-state index contributed by atoms with van der Waals surface area (Å²) in [6.45, 7) is 1.12. The highest BCUT2D eigenvalue weighted by Gasteiger charge is 2.56. The highest BCUT2D eigenvalue weighted by Crippen LogP contribution is 2.41. The first kappa shape index (κ1) is 22.2. The first-order chi connectivity index (χ1) is 15.3. The zero-order chi connectivity index (χ0) is 24.3. The van der Waals surface area contributed by atoms with Crippen LogP contribution in [0.1, 0.15) is 24.6 Å². The molecule has 0 saturated carbocycles. The van der Waals surface area contributed by atoms with E-state index in [0.717, 1.165) is 17.8 Å². The van der Waals surface area contributed by atoms with Crippen LogP contribution >= 0.6 is 0 Å². The topological polar surface area (TPSA) is 161 Å². The van der Waals surface area contributed by atoms with Gasteiger partial charge in [-0.05, 0) is 13.3 Å². The molecule has 1 atom stereocenters. The number of nitrogens with one attached hydrogen (secondary N) is 1. The van der Waals surface area contributed by atoms with E-state index in [2.05, 4.69) is 30.4 Å². The van der Waals surface area contributed by atoms with Gasteiger partial charge in [-0.15, -0.1) is 0 Å². The predicted octanol–water partition coefficient (Wildman–Crippen LogP) is 1.59. The van der Waals surface area contributed by atoms with Crippen LogP contribution in [0.3, 0.4) is 0 Å². The maximum Gasteiger partial charge on any atom is 0.453 e. The lowest BCUT2D eigenvalue weighted by Gasteiger charge is -2.19. The van der Waals surface area contributed by atoms with Gasteiger partial charge in [-0.25, -0.2) is 24.5 Å². The molecule has 3 aromatic heterocycles. The first-order valence-corrected chi connectivity index (χ1v) is 9.12. The number of carbonyl (C=O) groups excluding carboxylic acids is 1. The number of hydrogen-bond donors (Lipinski definition) is 3. The Morgan fingerprint density at radius 1 is 1.24 bits per heavy atom. The number of nitrogen functional groups attached to an aromatic ring is 1. The summed E-state index contributed by atoms with van der Waals surface area (Å²) >= 11 is 0. The number of aromatic nitrogens is 6. The van der Waals surface area contributed by atoms with Gasteiger partial charge in [-0.2, -0.15) is 27.1 Å². The van der Waals surface area contributed by atoms with Gasteiger partial charge in [-0.3, -0.25) is 9.59 Å². The largest absolute Gasteiger partial charge is 0.480 e. The summed E-state index contributed by atoms with van der Waals surface area (Å²) in [6, 6.07) is 0. The minimum atomic E-state index is -5.74. The molecule has 11 nitrogen and oxygen atoms in total. The number of nitrogens with zero attached hydrogens (tertiary/aromatic N) is 6. The smallest absolute Gasteiger partial charge is 0.453 e. The SMILES string of the molecule is CC1(C(=O)O)C(=O)Nc2nc(-c3cn4ncnc4c(CCC(F)(F)C(F)(F)F)n3)nc(N)c21. The fourth-order valence-corrected chi connectivity index (χ4v) is 3.31. The number of aliphatic carboxylic acids is 1. The maximum absolute atomic E-state index is 13.4. The van der Waals surface area contributed by atoms with Crippen molar-refractivity contribution in [3.05, 3.63) is 23.8 Å².